The molecule has 0 aliphatic heterocycles. The first-order valence-corrected chi connectivity index (χ1v) is 9.11. The molecule has 1 atom stereocenters. The second kappa shape index (κ2) is 11.3. The minimum Gasteiger partial charge on any atom is -0.356 e. The van der Waals surface area contributed by atoms with Gasteiger partial charge in [0.2, 0.25) is 0 Å². The van der Waals surface area contributed by atoms with Gasteiger partial charge < -0.3 is 10.6 Å². The van der Waals surface area contributed by atoms with Crippen LogP contribution in [0.4, 0.5) is 4.39 Å². The number of nitrogens with zero attached hydrogens (tertiary/aromatic N) is 3. The molecule has 2 rings (SSSR count). The highest BCUT2D eigenvalue weighted by Crippen LogP contribution is 2.14. The summed E-state index contributed by atoms with van der Waals surface area (Å²) in [5.41, 5.74) is 4.59. The second-order valence-electron chi connectivity index (χ2n) is 6.75. The second-order valence-corrected chi connectivity index (χ2v) is 6.75. The Labute approximate surface area is 178 Å². The summed E-state index contributed by atoms with van der Waals surface area (Å²) in [6.45, 7) is 7.08. The van der Waals surface area contributed by atoms with Crippen molar-refractivity contribution < 1.29 is 4.39 Å². The minimum atomic E-state index is -0.178. The zero-order chi connectivity index (χ0) is 19.1. The molecule has 0 amide bonds. The van der Waals surface area contributed by atoms with Crippen molar-refractivity contribution >= 4 is 29.9 Å². The lowest BCUT2D eigenvalue weighted by Gasteiger charge is -2.18. The first-order valence-electron chi connectivity index (χ1n) is 9.11. The Morgan fingerprint density at radius 2 is 2.07 bits per heavy atom. The third-order valence-electron chi connectivity index (χ3n) is 4.60. The predicted molar refractivity (Wildman–Crippen MR) is 120 cm³/mol. The lowest BCUT2D eigenvalue weighted by Crippen LogP contribution is -2.43. The van der Waals surface area contributed by atoms with Crippen LogP contribution in [0, 0.1) is 19.7 Å². The van der Waals surface area contributed by atoms with Crippen LogP contribution in [-0.4, -0.2) is 35.4 Å². The summed E-state index contributed by atoms with van der Waals surface area (Å²) in [6, 6.07) is 7.01. The van der Waals surface area contributed by atoms with E-state index >= 15 is 0 Å². The Bertz CT molecular complexity index is 757. The van der Waals surface area contributed by atoms with Gasteiger partial charge in [-0.05, 0) is 63.3 Å². The number of hydrogen-bond donors (Lipinski definition) is 2. The summed E-state index contributed by atoms with van der Waals surface area (Å²) in [4.78, 5) is 4.29. The number of halogens is 2. The molecule has 1 aromatic heterocycles. The number of aryl methyl sites for hydroxylation is 3. The van der Waals surface area contributed by atoms with Crippen LogP contribution in [-0.2, 0) is 19.9 Å². The number of benzene rings is 1. The van der Waals surface area contributed by atoms with E-state index in [0.717, 1.165) is 43.0 Å². The lowest BCUT2D eigenvalue weighted by molar-refractivity contribution is 0.621. The summed E-state index contributed by atoms with van der Waals surface area (Å²) in [7, 11) is 3.75. The monoisotopic (exact) mass is 487 g/mol. The maximum absolute atomic E-state index is 13.2. The van der Waals surface area contributed by atoms with E-state index in [1.54, 1.807) is 19.2 Å². The van der Waals surface area contributed by atoms with Gasteiger partial charge in [0, 0.05) is 32.4 Å². The number of aliphatic imine (C=N–C) groups is 1. The normalized spacial score (nSPS) is 12.4. The number of aromatic nitrogens is 2. The number of nitrogens with one attached hydrogen (secondary N) is 2. The summed E-state index contributed by atoms with van der Waals surface area (Å²) >= 11 is 0. The van der Waals surface area contributed by atoms with E-state index in [-0.39, 0.29) is 35.8 Å². The Balaban J connectivity index is 0.00000364. The fraction of sp³-hybridized carbons (Fsp3) is 0.500. The minimum absolute atomic E-state index is 0. The molecule has 0 bridgehead atoms. The highest BCUT2D eigenvalue weighted by Gasteiger charge is 2.13. The van der Waals surface area contributed by atoms with Crippen molar-refractivity contribution in [2.75, 3.05) is 13.6 Å². The number of rotatable bonds is 7. The van der Waals surface area contributed by atoms with Crippen LogP contribution in [0.15, 0.2) is 29.3 Å². The molecule has 0 radical (unpaired) electrons. The molecule has 0 aliphatic rings. The molecular formula is C20H31FIN5. The van der Waals surface area contributed by atoms with Gasteiger partial charge in [-0.2, -0.15) is 5.10 Å². The van der Waals surface area contributed by atoms with Crippen molar-refractivity contribution in [1.82, 2.24) is 20.4 Å². The Hall–Kier alpha value is -1.64. The first-order chi connectivity index (χ1) is 12.4. The molecule has 0 spiro atoms. The fourth-order valence-corrected chi connectivity index (χ4v) is 3.09. The van der Waals surface area contributed by atoms with Crippen LogP contribution in [0.1, 0.15) is 35.9 Å². The van der Waals surface area contributed by atoms with Crippen molar-refractivity contribution in [3.63, 3.8) is 0 Å². The topological polar surface area (TPSA) is 54.2 Å². The highest BCUT2D eigenvalue weighted by atomic mass is 127. The Morgan fingerprint density at radius 1 is 1.33 bits per heavy atom. The van der Waals surface area contributed by atoms with Gasteiger partial charge in [0.05, 0.1) is 5.69 Å². The summed E-state index contributed by atoms with van der Waals surface area (Å²) in [5.74, 6) is 0.610. The molecule has 1 unspecified atom stereocenters. The van der Waals surface area contributed by atoms with Gasteiger partial charge in [0.15, 0.2) is 5.96 Å². The largest absolute Gasteiger partial charge is 0.356 e. The zero-order valence-corrected chi connectivity index (χ0v) is 19.2. The molecule has 27 heavy (non-hydrogen) atoms. The van der Waals surface area contributed by atoms with Gasteiger partial charge >= 0.3 is 0 Å². The zero-order valence-electron chi connectivity index (χ0n) is 16.8. The summed E-state index contributed by atoms with van der Waals surface area (Å²) in [5, 5.41) is 11.2. The van der Waals surface area contributed by atoms with Gasteiger partial charge in [-0.3, -0.25) is 9.67 Å². The van der Waals surface area contributed by atoms with Crippen molar-refractivity contribution in [2.24, 2.45) is 12.0 Å². The quantitative estimate of drug-likeness (QED) is 0.272. The first kappa shape index (κ1) is 23.4. The third-order valence-corrected chi connectivity index (χ3v) is 4.60. The number of guanidine groups is 1. The van der Waals surface area contributed by atoms with Gasteiger partial charge in [-0.15, -0.1) is 24.0 Å². The number of hydrogen-bond acceptors (Lipinski definition) is 2. The molecule has 1 aromatic carbocycles. The van der Waals surface area contributed by atoms with E-state index in [1.807, 2.05) is 17.8 Å². The molecule has 1 heterocycles. The van der Waals surface area contributed by atoms with Crippen LogP contribution < -0.4 is 10.6 Å². The smallest absolute Gasteiger partial charge is 0.191 e. The maximum Gasteiger partial charge on any atom is 0.191 e. The molecule has 2 aromatic rings. The molecule has 2 N–H and O–H groups in total. The average molecular weight is 487 g/mol. The average Bonchev–Trinajstić information content (AvgIpc) is 2.84. The predicted octanol–water partition coefficient (Wildman–Crippen LogP) is 3.52. The lowest BCUT2D eigenvalue weighted by atomic mass is 10.1. The molecule has 0 fully saturated rings. The molecule has 0 saturated heterocycles. The van der Waals surface area contributed by atoms with Gasteiger partial charge in [0.1, 0.15) is 5.82 Å². The molecule has 7 heteroatoms. The Kier molecular flexibility index (Phi) is 9.76. The van der Waals surface area contributed by atoms with Crippen LogP contribution in [0.5, 0.6) is 0 Å². The summed E-state index contributed by atoms with van der Waals surface area (Å²) < 4.78 is 15.1. The van der Waals surface area contributed by atoms with E-state index in [4.69, 9.17) is 0 Å². The van der Waals surface area contributed by atoms with Gasteiger partial charge in [-0.25, -0.2) is 4.39 Å². The van der Waals surface area contributed by atoms with E-state index in [1.165, 1.54) is 17.3 Å². The third kappa shape index (κ3) is 7.12. The van der Waals surface area contributed by atoms with Crippen molar-refractivity contribution in [3.05, 3.63) is 52.6 Å². The molecule has 0 saturated carbocycles. The highest BCUT2D eigenvalue weighted by molar-refractivity contribution is 14.0. The molecule has 0 aliphatic carbocycles. The van der Waals surface area contributed by atoms with Gasteiger partial charge in [0.25, 0.3) is 0 Å². The standard InChI is InChI=1S/C20H30FN5.HI/c1-14(12-19-15(2)25-26(5)16(19)3)24-20(22-4)23-11-7-9-17-8-6-10-18(21)13-17;/h6,8,10,13-14H,7,9,11-12H2,1-5H3,(H2,22,23,24);1H. The SMILES string of the molecule is CN=C(NCCCc1cccc(F)c1)NC(C)Cc1c(C)nn(C)c1C.I. The van der Waals surface area contributed by atoms with Crippen molar-refractivity contribution in [3.8, 4) is 0 Å². The van der Waals surface area contributed by atoms with E-state index in [2.05, 4.69) is 41.5 Å². The molecule has 150 valence electrons. The molecule has 5 nitrogen and oxygen atoms in total. The molecular weight excluding hydrogens is 456 g/mol. The Morgan fingerprint density at radius 3 is 2.67 bits per heavy atom. The van der Waals surface area contributed by atoms with Crippen LogP contribution in [0.25, 0.3) is 0 Å². The maximum atomic E-state index is 13.2. The van der Waals surface area contributed by atoms with Crippen LogP contribution >= 0.6 is 24.0 Å². The van der Waals surface area contributed by atoms with Crippen molar-refractivity contribution in [1.29, 1.82) is 0 Å². The summed E-state index contributed by atoms with van der Waals surface area (Å²) in [6.07, 6.45) is 2.65. The van der Waals surface area contributed by atoms with Gasteiger partial charge in [-0.1, -0.05) is 12.1 Å². The fourth-order valence-electron chi connectivity index (χ4n) is 3.09. The van der Waals surface area contributed by atoms with Crippen molar-refractivity contribution in [2.45, 2.75) is 46.1 Å². The van der Waals surface area contributed by atoms with E-state index < -0.39 is 0 Å². The van der Waals surface area contributed by atoms with E-state index in [0.29, 0.717) is 0 Å². The van der Waals surface area contributed by atoms with Crippen LogP contribution in [0.3, 0.4) is 0 Å². The van der Waals surface area contributed by atoms with Crippen LogP contribution in [0.2, 0.25) is 0 Å². The van der Waals surface area contributed by atoms with E-state index in [9.17, 15) is 4.39 Å².